The predicted molar refractivity (Wildman–Crippen MR) is 88.1 cm³/mol. The number of ether oxygens (including phenoxy) is 1. The number of aromatic nitrogens is 2. The minimum Gasteiger partial charge on any atom is -0.425 e. The Morgan fingerprint density at radius 2 is 2.08 bits per heavy atom. The molecule has 6 nitrogen and oxygen atoms in total. The smallest absolute Gasteiger partial charge is 0.229 e. The molecule has 1 aliphatic carbocycles. The number of aryl methyl sites for hydroxylation is 1. The number of rotatable bonds is 6. The van der Waals surface area contributed by atoms with Crippen molar-refractivity contribution in [2.24, 2.45) is 5.41 Å². The lowest BCUT2D eigenvalue weighted by Crippen LogP contribution is -2.62. The molecule has 1 aromatic carbocycles. The summed E-state index contributed by atoms with van der Waals surface area (Å²) in [6.45, 7) is 6.54. The fourth-order valence-electron chi connectivity index (χ4n) is 2.98. The van der Waals surface area contributed by atoms with Crippen LogP contribution in [0.1, 0.15) is 37.6 Å². The van der Waals surface area contributed by atoms with Crippen molar-refractivity contribution < 1.29 is 13.9 Å². The SMILES string of the molecule is Cc1nnc(CC(=O)N[C@H]2C[C@@H](OCc3ccccc3)C2(C)C)o1. The largest absolute Gasteiger partial charge is 0.425 e. The van der Waals surface area contributed by atoms with Crippen molar-refractivity contribution in [1.82, 2.24) is 15.5 Å². The van der Waals surface area contributed by atoms with Crippen LogP contribution in [0.4, 0.5) is 0 Å². The Labute approximate surface area is 141 Å². The van der Waals surface area contributed by atoms with Gasteiger partial charge in [0.1, 0.15) is 6.42 Å². The van der Waals surface area contributed by atoms with Crippen molar-refractivity contribution in [3.8, 4) is 0 Å². The topological polar surface area (TPSA) is 77.2 Å². The van der Waals surface area contributed by atoms with Gasteiger partial charge >= 0.3 is 0 Å². The number of benzene rings is 1. The summed E-state index contributed by atoms with van der Waals surface area (Å²) < 4.78 is 11.3. The first-order chi connectivity index (χ1) is 11.4. The van der Waals surface area contributed by atoms with Gasteiger partial charge < -0.3 is 14.5 Å². The molecule has 1 N–H and O–H groups in total. The lowest BCUT2D eigenvalue weighted by molar-refractivity contribution is -0.140. The van der Waals surface area contributed by atoms with Crippen LogP contribution in [0.2, 0.25) is 0 Å². The molecule has 128 valence electrons. The number of nitrogens with one attached hydrogen (secondary N) is 1. The highest BCUT2D eigenvalue weighted by atomic mass is 16.5. The standard InChI is InChI=1S/C18H23N3O3/c1-12-20-21-17(24-12)10-16(22)19-14-9-15(18(14,2)3)23-11-13-7-5-4-6-8-13/h4-8,14-15H,9-11H2,1-3H3,(H,19,22)/t14-,15+/m0/s1. The van der Waals surface area contributed by atoms with E-state index in [4.69, 9.17) is 9.15 Å². The van der Waals surface area contributed by atoms with Gasteiger partial charge in [-0.25, -0.2) is 0 Å². The van der Waals surface area contributed by atoms with Gasteiger partial charge in [-0.1, -0.05) is 44.2 Å². The van der Waals surface area contributed by atoms with Crippen LogP contribution in [0.3, 0.4) is 0 Å². The molecule has 0 unspecified atom stereocenters. The second kappa shape index (κ2) is 6.73. The van der Waals surface area contributed by atoms with E-state index in [9.17, 15) is 4.79 Å². The van der Waals surface area contributed by atoms with E-state index >= 15 is 0 Å². The van der Waals surface area contributed by atoms with E-state index in [1.807, 2.05) is 18.2 Å². The molecule has 0 radical (unpaired) electrons. The number of hydrogen-bond acceptors (Lipinski definition) is 5. The quantitative estimate of drug-likeness (QED) is 0.880. The number of nitrogens with zero attached hydrogens (tertiary/aromatic N) is 2. The average Bonchev–Trinajstić information content (AvgIpc) is 2.96. The van der Waals surface area contributed by atoms with Crippen LogP contribution in [0.25, 0.3) is 0 Å². The second-order valence-electron chi connectivity index (χ2n) is 6.85. The number of carbonyl (C=O) groups excluding carboxylic acids is 1. The zero-order chi connectivity index (χ0) is 17.2. The highest BCUT2D eigenvalue weighted by Gasteiger charge is 2.49. The highest BCUT2D eigenvalue weighted by molar-refractivity contribution is 5.78. The molecule has 1 amide bonds. The second-order valence-corrected chi connectivity index (χ2v) is 6.85. The van der Waals surface area contributed by atoms with Crippen molar-refractivity contribution in [3.05, 3.63) is 47.7 Å². The van der Waals surface area contributed by atoms with Crippen molar-refractivity contribution in [2.45, 2.75) is 52.4 Å². The van der Waals surface area contributed by atoms with Gasteiger partial charge in [0.15, 0.2) is 0 Å². The summed E-state index contributed by atoms with van der Waals surface area (Å²) in [6.07, 6.45) is 1.06. The van der Waals surface area contributed by atoms with Gasteiger partial charge in [0.05, 0.1) is 12.7 Å². The van der Waals surface area contributed by atoms with Gasteiger partial charge in [-0.15, -0.1) is 10.2 Å². The van der Waals surface area contributed by atoms with Crippen LogP contribution < -0.4 is 5.32 Å². The first-order valence-corrected chi connectivity index (χ1v) is 8.19. The zero-order valence-corrected chi connectivity index (χ0v) is 14.3. The average molecular weight is 329 g/mol. The van der Waals surface area contributed by atoms with Crippen LogP contribution in [0.5, 0.6) is 0 Å². The Morgan fingerprint density at radius 1 is 1.33 bits per heavy atom. The van der Waals surface area contributed by atoms with Gasteiger partial charge in [0, 0.05) is 18.4 Å². The molecule has 0 bridgehead atoms. The molecule has 3 rings (SSSR count). The van der Waals surface area contributed by atoms with Gasteiger partial charge in [-0.2, -0.15) is 0 Å². The third-order valence-corrected chi connectivity index (χ3v) is 4.69. The van der Waals surface area contributed by atoms with Crippen LogP contribution in [-0.2, 0) is 22.6 Å². The summed E-state index contributed by atoms with van der Waals surface area (Å²) in [5, 5.41) is 10.6. The number of amides is 1. The summed E-state index contributed by atoms with van der Waals surface area (Å²) in [5.41, 5.74) is 1.06. The van der Waals surface area contributed by atoms with Crippen LogP contribution in [-0.4, -0.2) is 28.3 Å². The Balaban J connectivity index is 1.47. The molecule has 0 spiro atoms. The Hall–Kier alpha value is -2.21. The normalized spacial score (nSPS) is 22.0. The molecule has 0 saturated heterocycles. The molecule has 1 saturated carbocycles. The fraction of sp³-hybridized carbons (Fsp3) is 0.500. The summed E-state index contributed by atoms with van der Waals surface area (Å²) in [5.74, 6) is 0.716. The molecule has 2 atom stereocenters. The molecule has 2 aromatic rings. The molecule has 1 fully saturated rings. The Bertz CT molecular complexity index is 697. The summed E-state index contributed by atoms with van der Waals surface area (Å²) in [6, 6.07) is 10.2. The summed E-state index contributed by atoms with van der Waals surface area (Å²) >= 11 is 0. The van der Waals surface area contributed by atoms with E-state index in [0.717, 1.165) is 12.0 Å². The van der Waals surface area contributed by atoms with Crippen molar-refractivity contribution >= 4 is 5.91 Å². The van der Waals surface area contributed by atoms with Gasteiger partial charge in [-0.05, 0) is 12.0 Å². The van der Waals surface area contributed by atoms with E-state index in [1.165, 1.54) is 0 Å². The first-order valence-electron chi connectivity index (χ1n) is 8.19. The lowest BCUT2D eigenvalue weighted by Gasteiger charge is -2.51. The molecule has 0 aliphatic heterocycles. The number of hydrogen-bond donors (Lipinski definition) is 1. The Morgan fingerprint density at radius 3 is 2.71 bits per heavy atom. The van der Waals surface area contributed by atoms with Crippen LogP contribution in [0, 0.1) is 12.3 Å². The first kappa shape index (κ1) is 16.6. The predicted octanol–water partition coefficient (Wildman–Crippen LogP) is 2.42. The molecule has 24 heavy (non-hydrogen) atoms. The van der Waals surface area contributed by atoms with Crippen molar-refractivity contribution in [1.29, 1.82) is 0 Å². The van der Waals surface area contributed by atoms with E-state index in [0.29, 0.717) is 18.4 Å². The van der Waals surface area contributed by atoms with Gasteiger partial charge in [-0.3, -0.25) is 4.79 Å². The molecule has 6 heteroatoms. The van der Waals surface area contributed by atoms with E-state index in [2.05, 4.69) is 41.5 Å². The summed E-state index contributed by atoms with van der Waals surface area (Å²) in [4.78, 5) is 12.1. The maximum atomic E-state index is 12.1. The van der Waals surface area contributed by atoms with E-state index < -0.39 is 0 Å². The maximum Gasteiger partial charge on any atom is 0.229 e. The molecule has 1 aliphatic rings. The Kier molecular flexibility index (Phi) is 4.66. The van der Waals surface area contributed by atoms with Crippen LogP contribution in [0.15, 0.2) is 34.7 Å². The van der Waals surface area contributed by atoms with Crippen molar-refractivity contribution in [3.63, 3.8) is 0 Å². The van der Waals surface area contributed by atoms with Gasteiger partial charge in [0.25, 0.3) is 0 Å². The minimum absolute atomic E-state index is 0.0924. The van der Waals surface area contributed by atoms with E-state index in [-0.39, 0.29) is 29.9 Å². The summed E-state index contributed by atoms with van der Waals surface area (Å²) in [7, 11) is 0. The maximum absolute atomic E-state index is 12.1. The molecule has 1 aromatic heterocycles. The molecule has 1 heterocycles. The van der Waals surface area contributed by atoms with Gasteiger partial charge in [0.2, 0.25) is 17.7 Å². The van der Waals surface area contributed by atoms with Crippen molar-refractivity contribution in [2.75, 3.05) is 0 Å². The molecular weight excluding hydrogens is 306 g/mol. The van der Waals surface area contributed by atoms with E-state index in [1.54, 1.807) is 6.92 Å². The third-order valence-electron chi connectivity index (χ3n) is 4.69. The third kappa shape index (κ3) is 3.64. The van der Waals surface area contributed by atoms with Crippen LogP contribution >= 0.6 is 0 Å². The monoisotopic (exact) mass is 329 g/mol. The zero-order valence-electron chi connectivity index (χ0n) is 14.3. The fourth-order valence-corrected chi connectivity index (χ4v) is 2.98. The minimum atomic E-state index is -0.102. The molecular formula is C18H23N3O3. The lowest BCUT2D eigenvalue weighted by atomic mass is 9.64. The highest BCUT2D eigenvalue weighted by Crippen LogP contribution is 2.43. The number of carbonyl (C=O) groups is 1.